The van der Waals surface area contributed by atoms with Gasteiger partial charge in [-0.2, -0.15) is 0 Å². The highest BCUT2D eigenvalue weighted by Gasteiger charge is 2.20. The van der Waals surface area contributed by atoms with Gasteiger partial charge in [-0.25, -0.2) is 13.2 Å². The van der Waals surface area contributed by atoms with Crippen molar-refractivity contribution in [2.75, 3.05) is 18.9 Å². The summed E-state index contributed by atoms with van der Waals surface area (Å²) in [6.07, 6.45) is 0. The molecule has 0 saturated carbocycles. The Morgan fingerprint density at radius 1 is 1.12 bits per heavy atom. The average molecular weight is 370 g/mol. The maximum atomic E-state index is 12.4. The monoisotopic (exact) mass is 369 g/mol. The lowest BCUT2D eigenvalue weighted by Gasteiger charge is -2.13. The molecule has 24 heavy (non-hydrogen) atoms. The molecule has 0 aliphatic rings. The van der Waals surface area contributed by atoms with Crippen molar-refractivity contribution < 1.29 is 22.7 Å². The number of nitrogens with one attached hydrogen (secondary N) is 1. The Labute approximate surface area is 145 Å². The molecule has 0 radical (unpaired) electrons. The van der Waals surface area contributed by atoms with E-state index in [0.717, 1.165) is 5.56 Å². The molecule has 1 N–H and O–H groups in total. The second-order valence-electron chi connectivity index (χ2n) is 4.94. The zero-order valence-corrected chi connectivity index (χ0v) is 14.9. The summed E-state index contributed by atoms with van der Waals surface area (Å²) in [6.45, 7) is 1.86. The molecule has 2 aromatic rings. The Balaban J connectivity index is 2.42. The summed E-state index contributed by atoms with van der Waals surface area (Å²) in [4.78, 5) is 11.8. The van der Waals surface area contributed by atoms with Gasteiger partial charge < -0.3 is 9.47 Å². The standard InChI is InChI=1S/C16H16ClNO5S/c1-10-4-6-11(7-5-10)24(20,21)18-14-9-15(22-2)12(8-13(14)17)16(19)23-3/h4-9,18H,1-3H3. The predicted octanol–water partition coefficient (Wildman–Crippen LogP) is 3.24. The van der Waals surface area contributed by atoms with Crippen LogP contribution in [-0.4, -0.2) is 28.6 Å². The number of anilines is 1. The van der Waals surface area contributed by atoms with Crippen molar-refractivity contribution >= 4 is 33.3 Å². The second kappa shape index (κ2) is 7.11. The van der Waals surface area contributed by atoms with E-state index >= 15 is 0 Å². The number of sulfonamides is 1. The first-order valence-corrected chi connectivity index (χ1v) is 8.70. The first kappa shape index (κ1) is 18.1. The normalized spacial score (nSPS) is 11.0. The minimum atomic E-state index is -3.82. The first-order valence-electron chi connectivity index (χ1n) is 6.84. The van der Waals surface area contributed by atoms with Crippen molar-refractivity contribution in [3.63, 3.8) is 0 Å². The molecule has 128 valence electrons. The number of ether oxygens (including phenoxy) is 2. The molecular weight excluding hydrogens is 354 g/mol. The lowest BCUT2D eigenvalue weighted by Crippen LogP contribution is -2.14. The zero-order chi connectivity index (χ0) is 17.9. The SMILES string of the molecule is COC(=O)c1cc(Cl)c(NS(=O)(=O)c2ccc(C)cc2)cc1OC. The van der Waals surface area contributed by atoms with Gasteiger partial charge in [-0.05, 0) is 25.1 Å². The molecule has 2 aromatic carbocycles. The van der Waals surface area contributed by atoms with Gasteiger partial charge in [-0.1, -0.05) is 29.3 Å². The van der Waals surface area contributed by atoms with Gasteiger partial charge in [0, 0.05) is 6.07 Å². The van der Waals surface area contributed by atoms with Crippen LogP contribution < -0.4 is 9.46 Å². The van der Waals surface area contributed by atoms with Crippen LogP contribution in [0.3, 0.4) is 0 Å². The summed E-state index contributed by atoms with van der Waals surface area (Å²) in [6, 6.07) is 8.99. The third-order valence-corrected chi connectivity index (χ3v) is 4.96. The van der Waals surface area contributed by atoms with Crippen LogP contribution >= 0.6 is 11.6 Å². The van der Waals surface area contributed by atoms with Gasteiger partial charge in [0.15, 0.2) is 0 Å². The number of rotatable bonds is 5. The number of halogens is 1. The fraction of sp³-hybridized carbons (Fsp3) is 0.188. The molecule has 0 amide bonds. The Kier molecular flexibility index (Phi) is 5.36. The number of hydrogen-bond acceptors (Lipinski definition) is 5. The Morgan fingerprint density at radius 2 is 1.75 bits per heavy atom. The van der Waals surface area contributed by atoms with E-state index in [0.29, 0.717) is 0 Å². The van der Waals surface area contributed by atoms with Crippen LogP contribution in [0.2, 0.25) is 5.02 Å². The van der Waals surface area contributed by atoms with Crippen molar-refractivity contribution in [2.24, 2.45) is 0 Å². The average Bonchev–Trinajstić information content (AvgIpc) is 2.55. The van der Waals surface area contributed by atoms with Crippen LogP contribution in [0.25, 0.3) is 0 Å². The highest BCUT2D eigenvalue weighted by Crippen LogP contribution is 2.32. The van der Waals surface area contributed by atoms with E-state index in [1.807, 2.05) is 6.92 Å². The Morgan fingerprint density at radius 3 is 2.29 bits per heavy atom. The maximum Gasteiger partial charge on any atom is 0.341 e. The Bertz CT molecular complexity index is 863. The van der Waals surface area contributed by atoms with Gasteiger partial charge in [0.1, 0.15) is 11.3 Å². The van der Waals surface area contributed by atoms with Crippen LogP contribution in [0.15, 0.2) is 41.3 Å². The van der Waals surface area contributed by atoms with E-state index in [2.05, 4.69) is 9.46 Å². The predicted molar refractivity (Wildman–Crippen MR) is 91.3 cm³/mol. The van der Waals surface area contributed by atoms with Crippen molar-refractivity contribution in [2.45, 2.75) is 11.8 Å². The molecule has 0 aliphatic carbocycles. The number of carbonyl (C=O) groups is 1. The van der Waals surface area contributed by atoms with Crippen LogP contribution in [0.5, 0.6) is 5.75 Å². The molecule has 0 unspecified atom stereocenters. The summed E-state index contributed by atoms with van der Waals surface area (Å²) >= 11 is 6.09. The lowest BCUT2D eigenvalue weighted by atomic mass is 10.2. The zero-order valence-electron chi connectivity index (χ0n) is 13.3. The van der Waals surface area contributed by atoms with E-state index in [9.17, 15) is 13.2 Å². The number of benzene rings is 2. The van der Waals surface area contributed by atoms with E-state index < -0.39 is 16.0 Å². The summed E-state index contributed by atoms with van der Waals surface area (Å²) < 4.78 is 37.0. The summed E-state index contributed by atoms with van der Waals surface area (Å²) in [7, 11) is -1.24. The molecule has 0 spiro atoms. The smallest absolute Gasteiger partial charge is 0.341 e. The van der Waals surface area contributed by atoms with Gasteiger partial charge in [0.25, 0.3) is 10.0 Å². The van der Waals surface area contributed by atoms with Gasteiger partial charge in [0.2, 0.25) is 0 Å². The third kappa shape index (κ3) is 3.80. The molecule has 0 atom stereocenters. The van der Waals surface area contributed by atoms with Gasteiger partial charge in [-0.3, -0.25) is 4.72 Å². The highest BCUT2D eigenvalue weighted by atomic mass is 35.5. The van der Waals surface area contributed by atoms with Gasteiger partial charge >= 0.3 is 5.97 Å². The number of carbonyl (C=O) groups excluding carboxylic acids is 1. The van der Waals surface area contributed by atoms with E-state index in [-0.39, 0.29) is 26.9 Å². The largest absolute Gasteiger partial charge is 0.496 e. The quantitative estimate of drug-likeness (QED) is 0.818. The summed E-state index contributed by atoms with van der Waals surface area (Å²) in [5, 5.41) is 0.0480. The molecule has 8 heteroatoms. The summed E-state index contributed by atoms with van der Waals surface area (Å²) in [5.74, 6) is -0.491. The molecule has 0 fully saturated rings. The topological polar surface area (TPSA) is 81.7 Å². The lowest BCUT2D eigenvalue weighted by molar-refractivity contribution is 0.0597. The highest BCUT2D eigenvalue weighted by molar-refractivity contribution is 7.92. The molecular formula is C16H16ClNO5S. The molecule has 0 aromatic heterocycles. The maximum absolute atomic E-state index is 12.4. The van der Waals surface area contributed by atoms with Crippen LogP contribution in [0, 0.1) is 6.92 Å². The number of methoxy groups -OCH3 is 2. The second-order valence-corrected chi connectivity index (χ2v) is 7.03. The van der Waals surface area contributed by atoms with Gasteiger partial charge in [0.05, 0.1) is 29.8 Å². The van der Waals surface area contributed by atoms with Crippen molar-refractivity contribution in [3.05, 3.63) is 52.5 Å². The van der Waals surface area contributed by atoms with Crippen LogP contribution in [0.4, 0.5) is 5.69 Å². The molecule has 2 rings (SSSR count). The van der Waals surface area contributed by atoms with Crippen molar-refractivity contribution in [3.8, 4) is 5.75 Å². The molecule has 0 bridgehead atoms. The minimum Gasteiger partial charge on any atom is -0.496 e. The fourth-order valence-electron chi connectivity index (χ4n) is 1.99. The van der Waals surface area contributed by atoms with Crippen LogP contribution in [-0.2, 0) is 14.8 Å². The molecule has 0 heterocycles. The molecule has 6 nitrogen and oxygen atoms in total. The van der Waals surface area contributed by atoms with E-state index in [1.54, 1.807) is 12.1 Å². The Hall–Kier alpha value is -2.25. The molecule has 0 saturated heterocycles. The minimum absolute atomic E-state index is 0.0480. The van der Waals surface area contributed by atoms with E-state index in [4.69, 9.17) is 16.3 Å². The molecule has 0 aliphatic heterocycles. The van der Waals surface area contributed by atoms with Crippen LogP contribution in [0.1, 0.15) is 15.9 Å². The fourth-order valence-corrected chi connectivity index (χ4v) is 3.33. The number of hydrogen-bond donors (Lipinski definition) is 1. The third-order valence-electron chi connectivity index (χ3n) is 3.27. The van der Waals surface area contributed by atoms with Crippen molar-refractivity contribution in [1.82, 2.24) is 0 Å². The number of esters is 1. The van der Waals surface area contributed by atoms with E-state index in [1.165, 1.54) is 38.5 Å². The first-order chi connectivity index (χ1) is 11.3. The van der Waals surface area contributed by atoms with Gasteiger partial charge in [-0.15, -0.1) is 0 Å². The summed E-state index contributed by atoms with van der Waals surface area (Å²) in [5.41, 5.74) is 1.14. The number of aryl methyl sites for hydroxylation is 1. The van der Waals surface area contributed by atoms with Crippen molar-refractivity contribution in [1.29, 1.82) is 0 Å².